The van der Waals surface area contributed by atoms with Crippen LogP contribution in [0.15, 0.2) is 30.5 Å². The molecule has 3 heterocycles. The average Bonchev–Trinajstić information content (AvgIpc) is 2.89. The normalized spacial score (nSPS) is 15.6. The van der Waals surface area contributed by atoms with Crippen LogP contribution in [0, 0.1) is 5.82 Å². The van der Waals surface area contributed by atoms with Gasteiger partial charge < -0.3 is 39.4 Å². The van der Waals surface area contributed by atoms with E-state index in [4.69, 9.17) is 32.8 Å². The minimum atomic E-state index is -4.95. The van der Waals surface area contributed by atoms with Crippen molar-refractivity contribution in [3.63, 3.8) is 0 Å². The van der Waals surface area contributed by atoms with Gasteiger partial charge in [0.05, 0.1) is 31.6 Å². The number of methoxy groups -OCH3 is 3. The van der Waals surface area contributed by atoms with Gasteiger partial charge in [0.15, 0.2) is 40.3 Å². The summed E-state index contributed by atoms with van der Waals surface area (Å²) in [6, 6.07) is 5.56. The van der Waals surface area contributed by atoms with Crippen molar-refractivity contribution in [2.45, 2.75) is 19.4 Å². The number of rotatable bonds is 10. The van der Waals surface area contributed by atoms with Crippen LogP contribution in [0.1, 0.15) is 18.0 Å². The smallest absolute Gasteiger partial charge is 0.471 e. The second-order valence-electron chi connectivity index (χ2n) is 8.56. The number of nitrogens with zero attached hydrogens (tertiary/aromatic N) is 4. The molecular formula is C23H26FN6O9P. The molecule has 4 N–H and O–H groups in total. The molecule has 2 aromatic heterocycles. The summed E-state index contributed by atoms with van der Waals surface area (Å²) in [6.07, 6.45) is 0.853. The first-order valence-electron chi connectivity index (χ1n) is 12.7. The minimum Gasteiger partial charge on any atom is -0.493 e. The summed E-state index contributed by atoms with van der Waals surface area (Å²) in [7, 11) is -5.11. The summed E-state index contributed by atoms with van der Waals surface area (Å²) in [5, 5.41) is 5.45. The molecule has 4 rings (SSSR count). The Labute approximate surface area is 231 Å². The Balaban J connectivity index is 1.63. The van der Waals surface area contributed by atoms with Crippen LogP contribution in [0.2, 0.25) is 0 Å². The number of hydrogen-bond donors (Lipinski definition) is 4. The van der Waals surface area contributed by atoms with E-state index in [2.05, 4.69) is 30.1 Å². The Morgan fingerprint density at radius 3 is 2.52 bits per heavy atom. The summed E-state index contributed by atoms with van der Waals surface area (Å²) in [4.78, 5) is 44.3. The highest BCUT2D eigenvalue weighted by Crippen LogP contribution is 2.42. The van der Waals surface area contributed by atoms with Gasteiger partial charge in [0.2, 0.25) is 11.7 Å². The number of anilines is 5. The van der Waals surface area contributed by atoms with Gasteiger partial charge >= 0.3 is 7.82 Å². The average molecular weight is 583 g/mol. The molecular weight excluding hydrogens is 554 g/mol. The summed E-state index contributed by atoms with van der Waals surface area (Å²) >= 11 is 0. The first-order chi connectivity index (χ1) is 20.0. The van der Waals surface area contributed by atoms with Crippen LogP contribution in [0.4, 0.5) is 33.5 Å². The molecule has 0 atom stereocenters. The maximum absolute atomic E-state index is 14.7. The topological polar surface area (TPSA) is 187 Å². The molecule has 0 radical (unpaired) electrons. The molecule has 0 saturated carbocycles. The first-order valence-corrected chi connectivity index (χ1v) is 12.8. The van der Waals surface area contributed by atoms with Gasteiger partial charge in [-0.15, -0.1) is 0 Å². The molecule has 0 aliphatic carbocycles. The molecule has 1 amide bonds. The number of halogens is 1. The van der Waals surface area contributed by atoms with E-state index >= 15 is 0 Å². The van der Waals surface area contributed by atoms with Crippen molar-refractivity contribution in [1.82, 2.24) is 15.0 Å². The molecule has 3 aromatic rings. The predicted octanol–water partition coefficient (Wildman–Crippen LogP) is 3.09. The lowest BCUT2D eigenvalue weighted by Crippen LogP contribution is -2.53. The minimum absolute atomic E-state index is 0.0242. The number of hydrogen-bond acceptors (Lipinski definition) is 12. The molecule has 1 aliphatic heterocycles. The monoisotopic (exact) mass is 583 g/mol. The van der Waals surface area contributed by atoms with Gasteiger partial charge in [-0.25, -0.2) is 18.9 Å². The molecule has 0 spiro atoms. The van der Waals surface area contributed by atoms with Gasteiger partial charge in [0, 0.05) is 17.8 Å². The van der Waals surface area contributed by atoms with Gasteiger partial charge in [0.1, 0.15) is 12.5 Å². The number of benzene rings is 1. The van der Waals surface area contributed by atoms with E-state index in [1.165, 1.54) is 52.3 Å². The largest absolute Gasteiger partial charge is 0.493 e. The molecule has 0 unspecified atom stereocenters. The molecule has 1 aliphatic rings. The zero-order valence-corrected chi connectivity index (χ0v) is 22.4. The lowest BCUT2D eigenvalue weighted by molar-refractivity contribution is -0.133. The number of pyridine rings is 1. The Hall–Kier alpha value is -4.24. The van der Waals surface area contributed by atoms with E-state index in [0.29, 0.717) is 0 Å². The second kappa shape index (κ2) is 11.1. The van der Waals surface area contributed by atoms with E-state index in [0.717, 1.165) is 11.1 Å². The number of carbonyl (C=O) groups is 1. The van der Waals surface area contributed by atoms with Crippen LogP contribution >= 0.6 is 7.82 Å². The van der Waals surface area contributed by atoms with Crippen LogP contribution in [-0.2, 0) is 13.9 Å². The van der Waals surface area contributed by atoms with Gasteiger partial charge in [0.25, 0.3) is 5.91 Å². The number of phosphoric acid groups is 1. The van der Waals surface area contributed by atoms with E-state index in [1.807, 2.05) is 0 Å². The van der Waals surface area contributed by atoms with Crippen molar-refractivity contribution in [2.75, 3.05) is 43.5 Å². The number of amides is 1. The van der Waals surface area contributed by atoms with Crippen LogP contribution < -0.4 is 34.5 Å². The Morgan fingerprint density at radius 2 is 1.88 bits per heavy atom. The van der Waals surface area contributed by atoms with Crippen LogP contribution in [0.25, 0.3) is 0 Å². The van der Waals surface area contributed by atoms with Crippen LogP contribution in [0.5, 0.6) is 23.0 Å². The molecule has 214 valence electrons. The number of ether oxygens (including phenoxy) is 4. The highest BCUT2D eigenvalue weighted by molar-refractivity contribution is 7.46. The van der Waals surface area contributed by atoms with Gasteiger partial charge in [-0.1, -0.05) is 0 Å². The summed E-state index contributed by atoms with van der Waals surface area (Å²) in [6.45, 7) is 2.07. The Kier molecular flexibility index (Phi) is 6.87. The third-order valence-corrected chi connectivity index (χ3v) is 5.83. The number of fused-ring (bicyclic) bond motifs is 1. The molecule has 0 bridgehead atoms. The summed E-state index contributed by atoms with van der Waals surface area (Å²) in [5.41, 5.74) is -1.19. The third kappa shape index (κ3) is 6.15. The SMILES string of the molecule is [2H]C([2H])([2H])Oc1cc(Nc2ncc(F)c(Nc3ccc4c(n3)N(COP(=O)(O)O)C(=O)C(C)(C)O4)n2)cc(OC)c1OC. The zero-order valence-electron chi connectivity index (χ0n) is 24.5. The molecule has 0 saturated heterocycles. The maximum Gasteiger partial charge on any atom is 0.471 e. The number of aromatic nitrogens is 3. The van der Waals surface area contributed by atoms with Crippen molar-refractivity contribution in [2.24, 2.45) is 0 Å². The van der Waals surface area contributed by atoms with E-state index in [-0.39, 0.29) is 52.1 Å². The fourth-order valence-corrected chi connectivity index (χ4v) is 3.88. The van der Waals surface area contributed by atoms with E-state index < -0.39 is 38.9 Å². The lowest BCUT2D eigenvalue weighted by atomic mass is 10.1. The van der Waals surface area contributed by atoms with Crippen LogP contribution in [-0.4, -0.2) is 64.2 Å². The van der Waals surface area contributed by atoms with Crippen molar-refractivity contribution < 1.29 is 51.1 Å². The molecule has 0 fully saturated rings. The van der Waals surface area contributed by atoms with Crippen LogP contribution in [0.3, 0.4) is 0 Å². The zero-order chi connectivity index (χ0) is 31.7. The standard InChI is InChI=1S/C23H26FN6O9P/c1-23(2)21(31)30(11-38-40(32,33)34)20-14(39-23)6-7-17(28-20)27-19-13(24)10-25-22(29-19)26-12-8-15(35-3)18(37-5)16(9-12)36-4/h6-10H,11H2,1-5H3,(H2,32,33,34)(H2,25,26,27,28,29)/i3D3. The Morgan fingerprint density at radius 1 is 1.15 bits per heavy atom. The predicted molar refractivity (Wildman–Crippen MR) is 139 cm³/mol. The molecule has 40 heavy (non-hydrogen) atoms. The van der Waals surface area contributed by atoms with Gasteiger partial charge in [-0.05, 0) is 26.0 Å². The fraction of sp³-hybridized carbons (Fsp3) is 0.304. The highest BCUT2D eigenvalue weighted by Gasteiger charge is 2.42. The summed E-state index contributed by atoms with van der Waals surface area (Å²) < 4.78 is 73.9. The van der Waals surface area contributed by atoms with E-state index in [9.17, 15) is 13.8 Å². The lowest BCUT2D eigenvalue weighted by Gasteiger charge is -2.37. The maximum atomic E-state index is 14.7. The number of phosphoric ester groups is 1. The molecule has 1 aromatic carbocycles. The van der Waals surface area contributed by atoms with Gasteiger partial charge in [-0.3, -0.25) is 14.2 Å². The second-order valence-corrected chi connectivity index (χ2v) is 9.80. The van der Waals surface area contributed by atoms with Crippen molar-refractivity contribution >= 4 is 42.8 Å². The molecule has 17 heteroatoms. The first kappa shape index (κ1) is 24.8. The number of nitrogens with one attached hydrogen (secondary N) is 2. The number of carbonyl (C=O) groups excluding carboxylic acids is 1. The Bertz CT molecular complexity index is 1590. The third-order valence-electron chi connectivity index (χ3n) is 5.38. The molecule has 15 nitrogen and oxygen atoms in total. The van der Waals surface area contributed by atoms with Crippen molar-refractivity contribution in [3.8, 4) is 23.0 Å². The van der Waals surface area contributed by atoms with Crippen molar-refractivity contribution in [1.29, 1.82) is 0 Å². The fourth-order valence-electron chi connectivity index (χ4n) is 3.61. The quantitative estimate of drug-likeness (QED) is 0.255. The summed E-state index contributed by atoms with van der Waals surface area (Å²) in [5.74, 6) is -2.19. The van der Waals surface area contributed by atoms with Crippen molar-refractivity contribution in [3.05, 3.63) is 36.3 Å². The van der Waals surface area contributed by atoms with Gasteiger partial charge in [-0.2, -0.15) is 4.98 Å². The van der Waals surface area contributed by atoms with E-state index in [1.54, 1.807) is 0 Å². The highest BCUT2D eigenvalue weighted by atomic mass is 31.2.